The van der Waals surface area contributed by atoms with Gasteiger partial charge in [0.1, 0.15) is 0 Å². The van der Waals surface area contributed by atoms with E-state index in [1.165, 1.54) is 18.2 Å². The fraction of sp³-hybridized carbons (Fsp3) is 0.250. The highest BCUT2D eigenvalue weighted by atomic mass is 16.6. The molecule has 1 aromatic rings. The minimum Gasteiger partial charge on any atom is -0.383 e. The van der Waals surface area contributed by atoms with Gasteiger partial charge in [-0.1, -0.05) is 0 Å². The van der Waals surface area contributed by atoms with Crippen molar-refractivity contribution in [2.45, 2.75) is 0 Å². The molecule has 0 heterocycles. The average molecular weight is 250 g/mol. The summed E-state index contributed by atoms with van der Waals surface area (Å²) < 4.78 is 4.79. The molecule has 0 saturated carbocycles. The van der Waals surface area contributed by atoms with Gasteiger partial charge in [0.25, 0.3) is 5.69 Å². The van der Waals surface area contributed by atoms with E-state index >= 15 is 0 Å². The van der Waals surface area contributed by atoms with E-state index in [9.17, 15) is 14.9 Å². The molecule has 0 spiro atoms. The summed E-state index contributed by atoms with van der Waals surface area (Å²) >= 11 is 0. The number of non-ortho nitro benzene ring substituents is 1. The number of nitro groups is 1. The molecule has 0 unspecified atom stereocenters. The number of hydrogen-bond acceptors (Lipinski definition) is 4. The van der Waals surface area contributed by atoms with Crippen LogP contribution >= 0.6 is 0 Å². The van der Waals surface area contributed by atoms with Gasteiger partial charge in [-0.25, -0.2) is 0 Å². The SMILES string of the molecule is COCCNC(=O)/C=C/c1ccc([N+](=O)[O-])cc1. The zero-order chi connectivity index (χ0) is 13.4. The molecular formula is C12H14N2O4. The fourth-order valence-electron chi connectivity index (χ4n) is 1.21. The second kappa shape index (κ2) is 7.18. The Bertz CT molecular complexity index is 440. The standard InChI is InChI=1S/C12H14N2O4/c1-18-9-8-13-12(15)7-4-10-2-5-11(6-3-10)14(16)17/h2-7H,8-9H2,1H3,(H,13,15)/b7-4+. The Hall–Kier alpha value is -2.21. The van der Waals surface area contributed by atoms with Crippen molar-refractivity contribution >= 4 is 17.7 Å². The highest BCUT2D eigenvalue weighted by molar-refractivity contribution is 5.91. The van der Waals surface area contributed by atoms with Crippen LogP contribution in [-0.4, -0.2) is 31.1 Å². The summed E-state index contributed by atoms with van der Waals surface area (Å²) in [6, 6.07) is 5.94. The zero-order valence-electron chi connectivity index (χ0n) is 9.96. The van der Waals surface area contributed by atoms with E-state index in [0.717, 1.165) is 5.56 Å². The van der Waals surface area contributed by atoms with Crippen LogP contribution in [-0.2, 0) is 9.53 Å². The normalized spacial score (nSPS) is 10.5. The number of nitro benzene ring substituents is 1. The first-order chi connectivity index (χ1) is 8.63. The van der Waals surface area contributed by atoms with Gasteiger partial charge in [-0.05, 0) is 23.8 Å². The molecule has 0 saturated heterocycles. The Morgan fingerprint density at radius 1 is 1.44 bits per heavy atom. The average Bonchev–Trinajstić information content (AvgIpc) is 2.37. The van der Waals surface area contributed by atoms with Crippen molar-refractivity contribution in [3.63, 3.8) is 0 Å². The largest absolute Gasteiger partial charge is 0.383 e. The number of methoxy groups -OCH3 is 1. The topological polar surface area (TPSA) is 81.5 Å². The second-order valence-electron chi connectivity index (χ2n) is 3.47. The Labute approximate surface area is 104 Å². The smallest absolute Gasteiger partial charge is 0.269 e. The molecule has 0 radical (unpaired) electrons. The van der Waals surface area contributed by atoms with E-state index in [-0.39, 0.29) is 11.6 Å². The lowest BCUT2D eigenvalue weighted by Gasteiger charge is -1.99. The Kier molecular flexibility index (Phi) is 5.53. The Morgan fingerprint density at radius 3 is 2.67 bits per heavy atom. The summed E-state index contributed by atoms with van der Waals surface area (Å²) in [5, 5.41) is 13.1. The van der Waals surface area contributed by atoms with Gasteiger partial charge >= 0.3 is 0 Å². The molecule has 0 aliphatic rings. The van der Waals surface area contributed by atoms with Crippen molar-refractivity contribution in [3.8, 4) is 0 Å². The number of rotatable bonds is 6. The van der Waals surface area contributed by atoms with E-state index in [4.69, 9.17) is 4.74 Å². The quantitative estimate of drug-likeness (QED) is 0.358. The van der Waals surface area contributed by atoms with Crippen LogP contribution < -0.4 is 5.32 Å². The third kappa shape index (κ3) is 4.75. The van der Waals surface area contributed by atoms with Crippen LogP contribution in [0.25, 0.3) is 6.08 Å². The van der Waals surface area contributed by atoms with E-state index < -0.39 is 4.92 Å². The molecule has 6 heteroatoms. The second-order valence-corrected chi connectivity index (χ2v) is 3.47. The maximum Gasteiger partial charge on any atom is 0.269 e. The fourth-order valence-corrected chi connectivity index (χ4v) is 1.21. The minimum atomic E-state index is -0.467. The molecule has 1 amide bonds. The molecule has 0 atom stereocenters. The third-order valence-corrected chi connectivity index (χ3v) is 2.14. The molecule has 96 valence electrons. The number of benzene rings is 1. The van der Waals surface area contributed by atoms with Crippen LogP contribution in [0.4, 0.5) is 5.69 Å². The predicted octanol–water partition coefficient (Wildman–Crippen LogP) is 1.37. The third-order valence-electron chi connectivity index (χ3n) is 2.14. The number of ether oxygens (including phenoxy) is 1. The monoisotopic (exact) mass is 250 g/mol. The summed E-state index contributed by atoms with van der Waals surface area (Å²) in [6.07, 6.45) is 2.96. The molecule has 0 aliphatic carbocycles. The number of amides is 1. The van der Waals surface area contributed by atoms with Crippen LogP contribution in [0.2, 0.25) is 0 Å². The lowest BCUT2D eigenvalue weighted by atomic mass is 10.2. The molecule has 1 rings (SSSR count). The lowest BCUT2D eigenvalue weighted by molar-refractivity contribution is -0.384. The molecule has 0 aromatic heterocycles. The van der Waals surface area contributed by atoms with Crippen LogP contribution in [0.3, 0.4) is 0 Å². The first kappa shape index (κ1) is 13.9. The van der Waals surface area contributed by atoms with Gasteiger partial charge in [-0.2, -0.15) is 0 Å². The lowest BCUT2D eigenvalue weighted by Crippen LogP contribution is -2.24. The molecule has 0 aliphatic heterocycles. The van der Waals surface area contributed by atoms with Crippen molar-refractivity contribution < 1.29 is 14.5 Å². The van der Waals surface area contributed by atoms with Gasteiger partial charge in [-0.3, -0.25) is 14.9 Å². The maximum atomic E-state index is 11.3. The molecule has 18 heavy (non-hydrogen) atoms. The summed E-state index contributed by atoms with van der Waals surface area (Å²) in [6.45, 7) is 0.900. The van der Waals surface area contributed by atoms with E-state index in [1.54, 1.807) is 25.3 Å². The van der Waals surface area contributed by atoms with E-state index in [1.807, 2.05) is 0 Å². The molecule has 0 fully saturated rings. The Balaban J connectivity index is 2.51. The first-order valence-electron chi connectivity index (χ1n) is 5.33. The highest BCUT2D eigenvalue weighted by Crippen LogP contribution is 2.12. The number of carbonyl (C=O) groups is 1. The minimum absolute atomic E-state index is 0.0247. The van der Waals surface area contributed by atoms with Crippen molar-refractivity contribution in [3.05, 3.63) is 46.0 Å². The van der Waals surface area contributed by atoms with Crippen molar-refractivity contribution in [2.24, 2.45) is 0 Å². The van der Waals surface area contributed by atoms with Crippen molar-refractivity contribution in [1.82, 2.24) is 5.32 Å². The summed E-state index contributed by atoms with van der Waals surface area (Å²) in [7, 11) is 1.55. The van der Waals surface area contributed by atoms with Gasteiger partial charge in [0, 0.05) is 31.9 Å². The predicted molar refractivity (Wildman–Crippen MR) is 67.0 cm³/mol. The van der Waals surface area contributed by atoms with Gasteiger partial charge in [-0.15, -0.1) is 0 Å². The van der Waals surface area contributed by atoms with Crippen LogP contribution in [0.15, 0.2) is 30.3 Å². The van der Waals surface area contributed by atoms with Crippen molar-refractivity contribution in [2.75, 3.05) is 20.3 Å². The number of nitrogens with one attached hydrogen (secondary N) is 1. The molecule has 1 aromatic carbocycles. The van der Waals surface area contributed by atoms with Crippen LogP contribution in [0.1, 0.15) is 5.56 Å². The number of hydrogen-bond donors (Lipinski definition) is 1. The van der Waals surface area contributed by atoms with Gasteiger partial charge in [0.2, 0.25) is 5.91 Å². The van der Waals surface area contributed by atoms with E-state index in [2.05, 4.69) is 5.32 Å². The summed E-state index contributed by atoms with van der Waals surface area (Å²) in [5.74, 6) is -0.231. The zero-order valence-corrected chi connectivity index (χ0v) is 9.96. The van der Waals surface area contributed by atoms with Gasteiger partial charge in [0.15, 0.2) is 0 Å². The highest BCUT2D eigenvalue weighted by Gasteiger charge is 2.02. The Morgan fingerprint density at radius 2 is 2.11 bits per heavy atom. The van der Waals surface area contributed by atoms with Gasteiger partial charge < -0.3 is 10.1 Å². The summed E-state index contributed by atoms with van der Waals surface area (Å²) in [4.78, 5) is 21.3. The van der Waals surface area contributed by atoms with Crippen LogP contribution in [0.5, 0.6) is 0 Å². The first-order valence-corrected chi connectivity index (χ1v) is 5.33. The van der Waals surface area contributed by atoms with E-state index in [0.29, 0.717) is 13.2 Å². The summed E-state index contributed by atoms with van der Waals surface area (Å²) in [5.41, 5.74) is 0.749. The maximum absolute atomic E-state index is 11.3. The number of carbonyl (C=O) groups excluding carboxylic acids is 1. The van der Waals surface area contributed by atoms with Crippen molar-refractivity contribution in [1.29, 1.82) is 0 Å². The van der Waals surface area contributed by atoms with Crippen LogP contribution in [0, 0.1) is 10.1 Å². The van der Waals surface area contributed by atoms with Gasteiger partial charge in [0.05, 0.1) is 11.5 Å². The number of nitrogens with zero attached hydrogens (tertiary/aromatic N) is 1. The molecule has 6 nitrogen and oxygen atoms in total. The molecular weight excluding hydrogens is 236 g/mol. The molecule has 0 bridgehead atoms. The molecule has 1 N–H and O–H groups in total.